The second kappa shape index (κ2) is 7.71. The smallest absolute Gasteiger partial charge is 0.0558 e. The summed E-state index contributed by atoms with van der Waals surface area (Å²) in [5.41, 5.74) is 1.34. The van der Waals surface area contributed by atoms with Gasteiger partial charge in [0.2, 0.25) is 0 Å². The van der Waals surface area contributed by atoms with Crippen LogP contribution in [0.15, 0.2) is 48.8 Å². The van der Waals surface area contributed by atoms with Gasteiger partial charge in [-0.2, -0.15) is 5.10 Å². The monoisotopic (exact) mass is 259 g/mol. The fourth-order valence-corrected chi connectivity index (χ4v) is 2.09. The molecule has 102 valence electrons. The molecule has 0 fully saturated rings. The molecule has 0 amide bonds. The highest BCUT2D eigenvalue weighted by atomic mass is 16.3. The number of nitrogens with zero attached hydrogens (tertiary/aromatic N) is 3. The van der Waals surface area contributed by atoms with Gasteiger partial charge in [-0.15, -0.1) is 0 Å². The van der Waals surface area contributed by atoms with Gasteiger partial charge in [-0.3, -0.25) is 9.58 Å². The van der Waals surface area contributed by atoms with E-state index in [4.69, 9.17) is 5.11 Å². The molecule has 0 bridgehead atoms. The second-order valence-corrected chi connectivity index (χ2v) is 4.57. The summed E-state index contributed by atoms with van der Waals surface area (Å²) in [4.78, 5) is 2.27. The van der Waals surface area contributed by atoms with E-state index in [2.05, 4.69) is 34.3 Å². The molecule has 0 saturated carbocycles. The van der Waals surface area contributed by atoms with Gasteiger partial charge < -0.3 is 5.11 Å². The SMILES string of the molecule is OCCN(CCc1ccccc1)CCn1cccn1. The minimum Gasteiger partial charge on any atom is -0.395 e. The van der Waals surface area contributed by atoms with Crippen molar-refractivity contribution in [2.45, 2.75) is 13.0 Å². The van der Waals surface area contributed by atoms with Crippen LogP contribution in [0, 0.1) is 0 Å². The normalized spacial score (nSPS) is 11.1. The summed E-state index contributed by atoms with van der Waals surface area (Å²) < 4.78 is 1.92. The molecule has 2 rings (SSSR count). The maximum atomic E-state index is 9.13. The van der Waals surface area contributed by atoms with Crippen molar-refractivity contribution in [3.8, 4) is 0 Å². The van der Waals surface area contributed by atoms with Crippen LogP contribution in [0.3, 0.4) is 0 Å². The molecule has 0 atom stereocenters. The Morgan fingerprint density at radius 3 is 2.58 bits per heavy atom. The van der Waals surface area contributed by atoms with Crippen molar-refractivity contribution in [3.05, 3.63) is 54.4 Å². The van der Waals surface area contributed by atoms with Gasteiger partial charge in [-0.05, 0) is 18.1 Å². The van der Waals surface area contributed by atoms with Gasteiger partial charge in [-0.1, -0.05) is 30.3 Å². The fourth-order valence-electron chi connectivity index (χ4n) is 2.09. The molecule has 19 heavy (non-hydrogen) atoms. The highest BCUT2D eigenvalue weighted by Crippen LogP contribution is 2.01. The third-order valence-corrected chi connectivity index (χ3v) is 3.18. The Bertz CT molecular complexity index is 442. The summed E-state index contributed by atoms with van der Waals surface area (Å²) in [6.45, 7) is 3.66. The van der Waals surface area contributed by atoms with Gasteiger partial charge in [0.05, 0.1) is 13.2 Å². The van der Waals surface area contributed by atoms with Crippen molar-refractivity contribution in [1.82, 2.24) is 14.7 Å². The van der Waals surface area contributed by atoms with Crippen LogP contribution >= 0.6 is 0 Å². The fraction of sp³-hybridized carbons (Fsp3) is 0.400. The van der Waals surface area contributed by atoms with Crippen LogP contribution in [0.25, 0.3) is 0 Å². The van der Waals surface area contributed by atoms with Crippen molar-refractivity contribution in [1.29, 1.82) is 0 Å². The largest absolute Gasteiger partial charge is 0.395 e. The van der Waals surface area contributed by atoms with Gasteiger partial charge in [0.15, 0.2) is 0 Å². The maximum absolute atomic E-state index is 9.13. The number of hydrogen-bond acceptors (Lipinski definition) is 3. The summed E-state index contributed by atoms with van der Waals surface area (Å²) in [5, 5.41) is 13.3. The van der Waals surface area contributed by atoms with E-state index in [9.17, 15) is 0 Å². The Hall–Kier alpha value is -1.65. The van der Waals surface area contributed by atoms with E-state index in [-0.39, 0.29) is 6.61 Å². The van der Waals surface area contributed by atoms with E-state index in [0.29, 0.717) is 6.54 Å². The van der Waals surface area contributed by atoms with Crippen molar-refractivity contribution < 1.29 is 5.11 Å². The summed E-state index contributed by atoms with van der Waals surface area (Å²) >= 11 is 0. The van der Waals surface area contributed by atoms with Crippen LogP contribution in [-0.2, 0) is 13.0 Å². The third kappa shape index (κ3) is 4.85. The van der Waals surface area contributed by atoms with Crippen LogP contribution in [0.1, 0.15) is 5.56 Å². The minimum atomic E-state index is 0.202. The van der Waals surface area contributed by atoms with Gasteiger partial charge in [0, 0.05) is 32.0 Å². The van der Waals surface area contributed by atoms with Crippen LogP contribution in [0.5, 0.6) is 0 Å². The lowest BCUT2D eigenvalue weighted by atomic mass is 10.1. The predicted molar refractivity (Wildman–Crippen MR) is 75.9 cm³/mol. The number of benzene rings is 1. The summed E-state index contributed by atoms with van der Waals surface area (Å²) in [7, 11) is 0. The summed E-state index contributed by atoms with van der Waals surface area (Å²) in [6.07, 6.45) is 4.77. The highest BCUT2D eigenvalue weighted by molar-refractivity contribution is 5.14. The average Bonchev–Trinajstić information content (AvgIpc) is 2.96. The number of aliphatic hydroxyl groups excluding tert-OH is 1. The molecule has 4 heteroatoms. The molecule has 1 aromatic carbocycles. The Balaban J connectivity index is 1.78. The molecular formula is C15H21N3O. The number of rotatable bonds is 8. The first-order chi connectivity index (χ1) is 9.38. The van der Waals surface area contributed by atoms with Crippen LogP contribution < -0.4 is 0 Å². The average molecular weight is 259 g/mol. The van der Waals surface area contributed by atoms with E-state index in [1.165, 1.54) is 5.56 Å². The zero-order valence-electron chi connectivity index (χ0n) is 11.2. The van der Waals surface area contributed by atoms with Gasteiger partial charge in [0.1, 0.15) is 0 Å². The van der Waals surface area contributed by atoms with E-state index in [0.717, 1.165) is 26.1 Å². The van der Waals surface area contributed by atoms with Crippen LogP contribution in [0.4, 0.5) is 0 Å². The van der Waals surface area contributed by atoms with E-state index < -0.39 is 0 Å². The summed E-state index contributed by atoms with van der Waals surface area (Å²) in [5.74, 6) is 0. The molecule has 1 heterocycles. The molecule has 0 aliphatic carbocycles. The van der Waals surface area contributed by atoms with Gasteiger partial charge in [0.25, 0.3) is 0 Å². The molecule has 0 unspecified atom stereocenters. The molecule has 0 spiro atoms. The molecule has 2 aromatic rings. The van der Waals surface area contributed by atoms with Crippen molar-refractivity contribution >= 4 is 0 Å². The predicted octanol–water partition coefficient (Wildman–Crippen LogP) is 1.42. The lowest BCUT2D eigenvalue weighted by Crippen LogP contribution is -2.32. The highest BCUT2D eigenvalue weighted by Gasteiger charge is 2.05. The number of aliphatic hydroxyl groups is 1. The quantitative estimate of drug-likeness (QED) is 0.779. The van der Waals surface area contributed by atoms with E-state index in [1.807, 2.05) is 23.0 Å². The number of aromatic nitrogens is 2. The Morgan fingerprint density at radius 1 is 1.05 bits per heavy atom. The molecule has 0 radical (unpaired) electrons. The Morgan fingerprint density at radius 2 is 1.89 bits per heavy atom. The van der Waals surface area contributed by atoms with Crippen LogP contribution in [0.2, 0.25) is 0 Å². The molecule has 4 nitrogen and oxygen atoms in total. The minimum absolute atomic E-state index is 0.202. The van der Waals surface area contributed by atoms with Crippen molar-refractivity contribution in [2.75, 3.05) is 26.2 Å². The van der Waals surface area contributed by atoms with Crippen molar-refractivity contribution in [2.24, 2.45) is 0 Å². The lowest BCUT2D eigenvalue weighted by molar-refractivity contribution is 0.191. The standard InChI is InChI=1S/C15H21N3O/c19-14-13-17(11-12-18-9-4-8-16-18)10-7-15-5-2-1-3-6-15/h1-6,8-9,19H,7,10-14H2. The maximum Gasteiger partial charge on any atom is 0.0558 e. The molecule has 0 saturated heterocycles. The molecule has 1 N–H and O–H groups in total. The zero-order chi connectivity index (χ0) is 13.3. The Kier molecular flexibility index (Phi) is 5.59. The third-order valence-electron chi connectivity index (χ3n) is 3.18. The molecule has 1 aromatic heterocycles. The summed E-state index contributed by atoms with van der Waals surface area (Å²) in [6, 6.07) is 12.4. The molecule has 0 aliphatic rings. The van der Waals surface area contributed by atoms with Gasteiger partial charge >= 0.3 is 0 Å². The lowest BCUT2D eigenvalue weighted by Gasteiger charge is -2.21. The van der Waals surface area contributed by atoms with E-state index in [1.54, 1.807) is 6.20 Å². The Labute approximate surface area is 114 Å². The van der Waals surface area contributed by atoms with Gasteiger partial charge in [-0.25, -0.2) is 0 Å². The second-order valence-electron chi connectivity index (χ2n) is 4.57. The topological polar surface area (TPSA) is 41.3 Å². The molecular weight excluding hydrogens is 238 g/mol. The van der Waals surface area contributed by atoms with E-state index >= 15 is 0 Å². The van der Waals surface area contributed by atoms with Crippen molar-refractivity contribution in [3.63, 3.8) is 0 Å². The molecule has 0 aliphatic heterocycles. The first kappa shape index (κ1) is 13.8. The van der Waals surface area contributed by atoms with Crippen LogP contribution in [-0.4, -0.2) is 46.0 Å². The zero-order valence-corrected chi connectivity index (χ0v) is 11.2. The first-order valence-corrected chi connectivity index (χ1v) is 6.73. The first-order valence-electron chi connectivity index (χ1n) is 6.73. The number of hydrogen-bond donors (Lipinski definition) is 1.